The third kappa shape index (κ3) is 5.54. The van der Waals surface area contributed by atoms with Gasteiger partial charge in [0.15, 0.2) is 16.1 Å². The minimum Gasteiger partial charge on any atom is -0.485 e. The van der Waals surface area contributed by atoms with Crippen molar-refractivity contribution in [2.24, 2.45) is 0 Å². The maximum atomic E-state index is 12.6. The van der Waals surface area contributed by atoms with Crippen molar-refractivity contribution in [1.82, 2.24) is 19.7 Å². The first-order valence-electron chi connectivity index (χ1n) is 10.1. The Morgan fingerprint density at radius 2 is 1.94 bits per heavy atom. The third-order valence-corrected chi connectivity index (χ3v) is 6.51. The van der Waals surface area contributed by atoms with Crippen LogP contribution in [-0.2, 0) is 17.9 Å². The number of aryl methyl sites for hydroxylation is 1. The lowest BCUT2D eigenvalue weighted by Crippen LogP contribution is -2.23. The number of ether oxygens (including phenoxy) is 1. The summed E-state index contributed by atoms with van der Waals surface area (Å²) in [4.78, 5) is 16.7. The molecule has 0 saturated heterocycles. The molecule has 2 heterocycles. The summed E-state index contributed by atoms with van der Waals surface area (Å²) < 4.78 is 8.02. The van der Waals surface area contributed by atoms with E-state index in [0.29, 0.717) is 22.7 Å². The number of benzene rings is 2. The van der Waals surface area contributed by atoms with Gasteiger partial charge in [0.1, 0.15) is 12.4 Å². The van der Waals surface area contributed by atoms with Gasteiger partial charge in [-0.25, -0.2) is 4.98 Å². The summed E-state index contributed by atoms with van der Waals surface area (Å²) >= 11 is 2.75. The predicted octanol–water partition coefficient (Wildman–Crippen LogP) is 4.79. The molecular weight excluding hydrogens is 442 g/mol. The first kappa shape index (κ1) is 22.0. The van der Waals surface area contributed by atoms with E-state index in [1.807, 2.05) is 66.3 Å². The number of para-hydroxylation sites is 1. The Kier molecular flexibility index (Phi) is 7.18. The molecule has 2 aromatic heterocycles. The molecule has 1 amide bonds. The van der Waals surface area contributed by atoms with Crippen LogP contribution in [0.3, 0.4) is 0 Å². The van der Waals surface area contributed by atoms with Gasteiger partial charge in [-0.2, -0.15) is 0 Å². The van der Waals surface area contributed by atoms with E-state index in [-0.39, 0.29) is 17.8 Å². The minimum atomic E-state index is -0.372. The van der Waals surface area contributed by atoms with Gasteiger partial charge < -0.3 is 10.1 Å². The topological polar surface area (TPSA) is 81.9 Å². The summed E-state index contributed by atoms with van der Waals surface area (Å²) in [5, 5.41) is 14.3. The lowest BCUT2D eigenvalue weighted by Gasteiger charge is -2.14. The molecule has 0 saturated carbocycles. The molecule has 32 heavy (non-hydrogen) atoms. The molecule has 0 aliphatic carbocycles. The van der Waals surface area contributed by atoms with E-state index in [1.165, 1.54) is 23.1 Å². The van der Waals surface area contributed by atoms with Crippen molar-refractivity contribution in [2.45, 2.75) is 37.4 Å². The number of thiazole rings is 1. The number of hydrogen-bond donors (Lipinski definition) is 1. The SMILES string of the molecule is Cc1ccccc1OCc1nnc(SC(C)C(=O)Nc2nccs2)n1Cc1ccccc1. The minimum absolute atomic E-state index is 0.128. The number of anilines is 1. The van der Waals surface area contributed by atoms with Crippen LogP contribution in [0.2, 0.25) is 0 Å². The zero-order valence-electron chi connectivity index (χ0n) is 17.8. The highest BCUT2D eigenvalue weighted by Crippen LogP contribution is 2.26. The normalized spacial score (nSPS) is 11.8. The second-order valence-electron chi connectivity index (χ2n) is 7.11. The smallest absolute Gasteiger partial charge is 0.239 e. The van der Waals surface area contributed by atoms with Crippen molar-refractivity contribution in [3.8, 4) is 5.75 Å². The number of carbonyl (C=O) groups excluding carboxylic acids is 1. The number of amides is 1. The molecule has 0 fully saturated rings. The maximum Gasteiger partial charge on any atom is 0.239 e. The van der Waals surface area contributed by atoms with Gasteiger partial charge in [-0.1, -0.05) is 60.3 Å². The van der Waals surface area contributed by atoms with Crippen LogP contribution in [0.25, 0.3) is 0 Å². The molecular formula is C23H23N5O2S2. The van der Waals surface area contributed by atoms with E-state index >= 15 is 0 Å². The first-order chi connectivity index (χ1) is 15.6. The highest BCUT2D eigenvalue weighted by molar-refractivity contribution is 8.00. The van der Waals surface area contributed by atoms with Gasteiger partial charge in [-0.05, 0) is 31.0 Å². The summed E-state index contributed by atoms with van der Waals surface area (Å²) in [6, 6.07) is 18.0. The van der Waals surface area contributed by atoms with Gasteiger partial charge in [0.25, 0.3) is 0 Å². The van der Waals surface area contributed by atoms with Crippen molar-refractivity contribution in [2.75, 3.05) is 5.32 Å². The molecule has 1 atom stereocenters. The van der Waals surface area contributed by atoms with Crippen molar-refractivity contribution in [3.05, 3.63) is 83.1 Å². The number of aromatic nitrogens is 4. The third-order valence-electron chi connectivity index (χ3n) is 4.74. The van der Waals surface area contributed by atoms with Gasteiger partial charge in [-0.3, -0.25) is 9.36 Å². The molecule has 1 unspecified atom stereocenters. The molecule has 4 rings (SSSR count). The fourth-order valence-corrected chi connectivity index (χ4v) is 4.40. The summed E-state index contributed by atoms with van der Waals surface area (Å²) in [6.07, 6.45) is 1.66. The Labute approximate surface area is 194 Å². The molecule has 0 aliphatic rings. The van der Waals surface area contributed by atoms with Crippen LogP contribution in [0, 0.1) is 6.92 Å². The van der Waals surface area contributed by atoms with Gasteiger partial charge in [0.2, 0.25) is 5.91 Å². The summed E-state index contributed by atoms with van der Waals surface area (Å²) in [6.45, 7) is 4.72. The molecule has 0 bridgehead atoms. The highest BCUT2D eigenvalue weighted by Gasteiger charge is 2.21. The quantitative estimate of drug-likeness (QED) is 0.358. The number of nitrogens with one attached hydrogen (secondary N) is 1. The van der Waals surface area contributed by atoms with Gasteiger partial charge >= 0.3 is 0 Å². The molecule has 0 radical (unpaired) electrons. The monoisotopic (exact) mass is 465 g/mol. The largest absolute Gasteiger partial charge is 0.485 e. The summed E-state index contributed by atoms with van der Waals surface area (Å²) in [5.41, 5.74) is 2.18. The van der Waals surface area contributed by atoms with Crippen LogP contribution in [0.5, 0.6) is 5.75 Å². The fourth-order valence-electron chi connectivity index (χ4n) is 3.00. The molecule has 0 spiro atoms. The van der Waals surface area contributed by atoms with Crippen molar-refractivity contribution >= 4 is 34.1 Å². The lowest BCUT2D eigenvalue weighted by molar-refractivity contribution is -0.115. The lowest BCUT2D eigenvalue weighted by atomic mass is 10.2. The number of hydrogen-bond acceptors (Lipinski definition) is 7. The zero-order chi connectivity index (χ0) is 22.3. The standard InChI is InChI=1S/C23H23N5O2S2/c1-16-8-6-7-11-19(16)30-15-20-26-27-23(28(20)14-18-9-4-3-5-10-18)32-17(2)21(29)25-22-24-12-13-31-22/h3-13,17H,14-15H2,1-2H3,(H,24,25,29). The Morgan fingerprint density at radius 3 is 2.69 bits per heavy atom. The van der Waals surface area contributed by atoms with E-state index in [9.17, 15) is 4.79 Å². The second kappa shape index (κ2) is 10.4. The van der Waals surface area contributed by atoms with E-state index in [4.69, 9.17) is 4.74 Å². The Hall–Kier alpha value is -3.17. The Morgan fingerprint density at radius 1 is 1.16 bits per heavy atom. The van der Waals surface area contributed by atoms with Crippen LogP contribution in [0.4, 0.5) is 5.13 Å². The number of nitrogens with zero attached hydrogens (tertiary/aromatic N) is 4. The number of thioether (sulfide) groups is 1. The van der Waals surface area contributed by atoms with Crippen molar-refractivity contribution in [1.29, 1.82) is 0 Å². The predicted molar refractivity (Wildman–Crippen MR) is 127 cm³/mol. The van der Waals surface area contributed by atoms with Gasteiger partial charge in [0, 0.05) is 11.6 Å². The second-order valence-corrected chi connectivity index (χ2v) is 9.31. The Bertz CT molecular complexity index is 1160. The average molecular weight is 466 g/mol. The maximum absolute atomic E-state index is 12.6. The van der Waals surface area contributed by atoms with E-state index in [0.717, 1.165) is 16.9 Å². The summed E-state index contributed by atoms with van der Waals surface area (Å²) in [7, 11) is 0. The van der Waals surface area contributed by atoms with Crippen molar-refractivity contribution < 1.29 is 9.53 Å². The van der Waals surface area contributed by atoms with Crippen LogP contribution in [0.1, 0.15) is 23.9 Å². The molecule has 4 aromatic rings. The zero-order valence-corrected chi connectivity index (χ0v) is 19.4. The highest BCUT2D eigenvalue weighted by atomic mass is 32.2. The van der Waals surface area contributed by atoms with Crippen LogP contribution in [0.15, 0.2) is 71.3 Å². The number of rotatable bonds is 9. The van der Waals surface area contributed by atoms with E-state index in [1.54, 1.807) is 6.20 Å². The first-order valence-corrected chi connectivity index (χ1v) is 11.9. The molecule has 2 aromatic carbocycles. The van der Waals surface area contributed by atoms with Crippen LogP contribution >= 0.6 is 23.1 Å². The molecule has 9 heteroatoms. The molecule has 1 N–H and O–H groups in total. The number of carbonyl (C=O) groups is 1. The van der Waals surface area contributed by atoms with Crippen LogP contribution < -0.4 is 10.1 Å². The van der Waals surface area contributed by atoms with Crippen LogP contribution in [-0.4, -0.2) is 30.9 Å². The molecule has 0 aliphatic heterocycles. The average Bonchev–Trinajstić information content (AvgIpc) is 3.44. The molecule has 7 nitrogen and oxygen atoms in total. The van der Waals surface area contributed by atoms with Gasteiger partial charge in [-0.15, -0.1) is 21.5 Å². The fraction of sp³-hybridized carbons (Fsp3) is 0.217. The van der Waals surface area contributed by atoms with E-state index in [2.05, 4.69) is 32.6 Å². The van der Waals surface area contributed by atoms with E-state index < -0.39 is 0 Å². The molecule has 164 valence electrons. The summed E-state index contributed by atoms with van der Waals surface area (Å²) in [5.74, 6) is 1.39. The van der Waals surface area contributed by atoms with Crippen molar-refractivity contribution in [3.63, 3.8) is 0 Å². The van der Waals surface area contributed by atoms with Gasteiger partial charge in [0.05, 0.1) is 11.8 Å². The Balaban J connectivity index is 1.53.